The predicted octanol–water partition coefficient (Wildman–Crippen LogP) is 2.76. The van der Waals surface area contributed by atoms with E-state index in [1.54, 1.807) is 0 Å². The van der Waals surface area contributed by atoms with E-state index in [9.17, 15) is 4.79 Å². The molecule has 0 atom stereocenters. The van der Waals surface area contributed by atoms with E-state index in [1.165, 1.54) is 0 Å². The zero-order valence-electron chi connectivity index (χ0n) is 12.3. The Labute approximate surface area is 125 Å². The number of hydrogen-bond acceptors (Lipinski definition) is 3. The summed E-state index contributed by atoms with van der Waals surface area (Å²) in [6, 6.07) is 13.9. The number of nitrogens with one attached hydrogen (secondary N) is 1. The van der Waals surface area contributed by atoms with Gasteiger partial charge in [-0.05, 0) is 36.2 Å². The molecule has 1 N–H and O–H groups in total. The van der Waals surface area contributed by atoms with Gasteiger partial charge in [0.25, 0.3) is 5.91 Å². The topological polar surface area (TPSA) is 47.6 Å². The highest BCUT2D eigenvalue weighted by atomic mass is 16.5. The first kappa shape index (κ1) is 15.3. The first-order chi connectivity index (χ1) is 10.3. The van der Waals surface area contributed by atoms with Crippen LogP contribution in [0.3, 0.4) is 0 Å². The summed E-state index contributed by atoms with van der Waals surface area (Å²) in [4.78, 5) is 11.6. The lowest BCUT2D eigenvalue weighted by molar-refractivity contribution is -0.123. The van der Waals surface area contributed by atoms with Crippen molar-refractivity contribution in [3.63, 3.8) is 0 Å². The number of benzene rings is 2. The number of amides is 1. The number of carbonyl (C=O) groups excluding carboxylic acids is 1. The maximum absolute atomic E-state index is 11.6. The number of carbonyl (C=O) groups is 1. The van der Waals surface area contributed by atoms with Gasteiger partial charge in [-0.1, -0.05) is 30.3 Å². The largest absolute Gasteiger partial charge is 0.484 e. The van der Waals surface area contributed by atoms with Gasteiger partial charge < -0.3 is 14.8 Å². The maximum Gasteiger partial charge on any atom is 0.257 e. The summed E-state index contributed by atoms with van der Waals surface area (Å²) in [5, 5.41) is 5.07. The van der Waals surface area contributed by atoms with E-state index in [-0.39, 0.29) is 12.5 Å². The van der Waals surface area contributed by atoms with Crippen molar-refractivity contribution in [1.82, 2.24) is 5.32 Å². The van der Waals surface area contributed by atoms with E-state index in [0.29, 0.717) is 25.5 Å². The van der Waals surface area contributed by atoms with Crippen LogP contribution < -0.4 is 10.1 Å². The Hall–Kier alpha value is -2.07. The lowest BCUT2D eigenvalue weighted by Gasteiger charge is -2.08. The number of ether oxygens (including phenoxy) is 2. The summed E-state index contributed by atoms with van der Waals surface area (Å²) >= 11 is 0. The van der Waals surface area contributed by atoms with Gasteiger partial charge in [0, 0.05) is 19.8 Å². The van der Waals surface area contributed by atoms with Gasteiger partial charge in [0.1, 0.15) is 5.75 Å². The van der Waals surface area contributed by atoms with Crippen LogP contribution in [0.25, 0.3) is 10.8 Å². The second-order valence-electron chi connectivity index (χ2n) is 4.70. The average Bonchev–Trinajstić information content (AvgIpc) is 2.52. The molecule has 0 aliphatic carbocycles. The summed E-state index contributed by atoms with van der Waals surface area (Å²) in [6.07, 6.45) is 0.815. The van der Waals surface area contributed by atoms with Crippen LogP contribution in [0.5, 0.6) is 5.75 Å². The Morgan fingerprint density at radius 2 is 1.95 bits per heavy atom. The van der Waals surface area contributed by atoms with E-state index in [4.69, 9.17) is 9.47 Å². The van der Waals surface area contributed by atoms with E-state index < -0.39 is 0 Å². The maximum atomic E-state index is 11.6. The highest BCUT2D eigenvalue weighted by Gasteiger charge is 2.03. The zero-order chi connectivity index (χ0) is 14.9. The third-order valence-electron chi connectivity index (χ3n) is 3.08. The molecule has 1 amide bonds. The number of rotatable bonds is 8. The van der Waals surface area contributed by atoms with Crippen LogP contribution in [0, 0.1) is 0 Å². The second kappa shape index (κ2) is 8.27. The Bertz CT molecular complexity index is 583. The van der Waals surface area contributed by atoms with Crippen LogP contribution >= 0.6 is 0 Å². The molecule has 0 aliphatic heterocycles. The molecule has 0 aliphatic rings. The van der Waals surface area contributed by atoms with Crippen molar-refractivity contribution in [3.05, 3.63) is 42.5 Å². The van der Waals surface area contributed by atoms with Gasteiger partial charge in [-0.2, -0.15) is 0 Å². The molecule has 0 bridgehead atoms. The van der Waals surface area contributed by atoms with Crippen molar-refractivity contribution in [3.8, 4) is 5.75 Å². The lowest BCUT2D eigenvalue weighted by atomic mass is 10.1. The fraction of sp³-hybridized carbons (Fsp3) is 0.353. The minimum atomic E-state index is -0.111. The molecule has 2 rings (SSSR count). The van der Waals surface area contributed by atoms with Crippen LogP contribution in [0.1, 0.15) is 13.3 Å². The van der Waals surface area contributed by atoms with E-state index in [0.717, 1.165) is 17.2 Å². The zero-order valence-corrected chi connectivity index (χ0v) is 12.3. The Balaban J connectivity index is 1.75. The average molecular weight is 287 g/mol. The molecule has 0 fully saturated rings. The molecule has 4 heteroatoms. The SMILES string of the molecule is CCOCCCNC(=O)COc1ccc2ccccc2c1. The van der Waals surface area contributed by atoms with Crippen molar-refractivity contribution in [2.45, 2.75) is 13.3 Å². The molecule has 0 heterocycles. The molecule has 112 valence electrons. The fourth-order valence-corrected chi connectivity index (χ4v) is 2.00. The first-order valence-corrected chi connectivity index (χ1v) is 7.25. The highest BCUT2D eigenvalue weighted by Crippen LogP contribution is 2.20. The van der Waals surface area contributed by atoms with Crippen LogP contribution in [-0.4, -0.2) is 32.3 Å². The molecule has 2 aromatic rings. The predicted molar refractivity (Wildman–Crippen MR) is 83.6 cm³/mol. The van der Waals surface area contributed by atoms with Crippen LogP contribution in [-0.2, 0) is 9.53 Å². The van der Waals surface area contributed by atoms with Gasteiger partial charge in [-0.15, -0.1) is 0 Å². The summed E-state index contributed by atoms with van der Waals surface area (Å²) in [7, 11) is 0. The smallest absolute Gasteiger partial charge is 0.257 e. The van der Waals surface area contributed by atoms with Gasteiger partial charge in [0.2, 0.25) is 0 Å². The third-order valence-corrected chi connectivity index (χ3v) is 3.08. The van der Waals surface area contributed by atoms with Crippen LogP contribution in [0.15, 0.2) is 42.5 Å². The van der Waals surface area contributed by atoms with Gasteiger partial charge in [-0.3, -0.25) is 4.79 Å². The van der Waals surface area contributed by atoms with E-state index >= 15 is 0 Å². The van der Waals surface area contributed by atoms with Crippen molar-refractivity contribution in [1.29, 1.82) is 0 Å². The van der Waals surface area contributed by atoms with Crippen molar-refractivity contribution < 1.29 is 14.3 Å². The van der Waals surface area contributed by atoms with Crippen molar-refractivity contribution >= 4 is 16.7 Å². The Morgan fingerprint density at radius 3 is 2.76 bits per heavy atom. The minimum absolute atomic E-state index is 0.0347. The molecular formula is C17H21NO3. The summed E-state index contributed by atoms with van der Waals surface area (Å²) < 4.78 is 10.7. The summed E-state index contributed by atoms with van der Waals surface area (Å²) in [5.41, 5.74) is 0. The monoisotopic (exact) mass is 287 g/mol. The molecule has 0 radical (unpaired) electrons. The second-order valence-corrected chi connectivity index (χ2v) is 4.70. The van der Waals surface area contributed by atoms with Crippen LogP contribution in [0.2, 0.25) is 0 Å². The quantitative estimate of drug-likeness (QED) is 0.759. The Kier molecular flexibility index (Phi) is 6.03. The van der Waals surface area contributed by atoms with E-state index in [2.05, 4.69) is 5.32 Å². The molecule has 0 aromatic heterocycles. The molecule has 21 heavy (non-hydrogen) atoms. The molecular weight excluding hydrogens is 266 g/mol. The van der Waals surface area contributed by atoms with E-state index in [1.807, 2.05) is 49.4 Å². The normalized spacial score (nSPS) is 10.5. The van der Waals surface area contributed by atoms with Gasteiger partial charge in [0.05, 0.1) is 0 Å². The minimum Gasteiger partial charge on any atom is -0.484 e. The molecule has 4 nitrogen and oxygen atoms in total. The van der Waals surface area contributed by atoms with Crippen LogP contribution in [0.4, 0.5) is 0 Å². The molecule has 2 aromatic carbocycles. The van der Waals surface area contributed by atoms with Crippen molar-refractivity contribution in [2.24, 2.45) is 0 Å². The highest BCUT2D eigenvalue weighted by molar-refractivity contribution is 5.84. The molecule has 0 unspecified atom stereocenters. The lowest BCUT2D eigenvalue weighted by Crippen LogP contribution is -2.30. The summed E-state index contributed by atoms with van der Waals surface area (Å²) in [6.45, 7) is 3.98. The number of fused-ring (bicyclic) bond motifs is 1. The summed E-state index contributed by atoms with van der Waals surface area (Å²) in [5.74, 6) is 0.595. The van der Waals surface area contributed by atoms with Gasteiger partial charge >= 0.3 is 0 Å². The van der Waals surface area contributed by atoms with Crippen molar-refractivity contribution in [2.75, 3.05) is 26.4 Å². The van der Waals surface area contributed by atoms with Gasteiger partial charge in [-0.25, -0.2) is 0 Å². The van der Waals surface area contributed by atoms with Gasteiger partial charge in [0.15, 0.2) is 6.61 Å². The first-order valence-electron chi connectivity index (χ1n) is 7.25. The standard InChI is InChI=1S/C17H21NO3/c1-2-20-11-5-10-18-17(19)13-21-16-9-8-14-6-3-4-7-15(14)12-16/h3-4,6-9,12H,2,5,10-11,13H2,1H3,(H,18,19). The molecule has 0 spiro atoms. The number of hydrogen-bond donors (Lipinski definition) is 1. The molecule has 0 saturated heterocycles. The third kappa shape index (κ3) is 5.08. The fourth-order valence-electron chi connectivity index (χ4n) is 2.00. The molecule has 0 saturated carbocycles. The Morgan fingerprint density at radius 1 is 1.14 bits per heavy atom.